The minimum absolute atomic E-state index is 0.0741. The number of carbonyl (C=O) groups excluding carboxylic acids is 7. The van der Waals surface area contributed by atoms with Gasteiger partial charge in [0, 0.05) is 17.1 Å². The maximum Gasteiger partial charge on any atom is 0.261 e. The molecule has 0 saturated heterocycles. The Bertz CT molecular complexity index is 2340. The lowest BCUT2D eigenvalue weighted by Gasteiger charge is -2.50. The number of imide groups is 2. The zero-order valence-electron chi connectivity index (χ0n) is 28.8. The van der Waals surface area contributed by atoms with E-state index in [1.807, 2.05) is 0 Å². The number of rotatable bonds is 6. The monoisotopic (exact) mass is 732 g/mol. The number of Topliss-reactive ketones (excluding diaryl/α,β-unsaturated/α-hetero) is 2. The number of aliphatic hydroxyl groups excluding tert-OH is 2. The number of benzene rings is 3. The van der Waals surface area contributed by atoms with E-state index in [-0.39, 0.29) is 63.9 Å². The fourth-order valence-electron chi connectivity index (χ4n) is 8.82. The number of fused-ring (bicyclic) bond motifs is 5. The third kappa shape index (κ3) is 4.51. The van der Waals surface area contributed by atoms with Crippen molar-refractivity contribution in [1.82, 2.24) is 14.7 Å². The summed E-state index contributed by atoms with van der Waals surface area (Å²) in [6.45, 7) is -0.879. The summed E-state index contributed by atoms with van der Waals surface area (Å²) in [4.78, 5) is 97.3. The average molecular weight is 733 g/mol. The molecular weight excluding hydrogens is 700 g/mol. The van der Waals surface area contributed by atoms with Gasteiger partial charge in [0.25, 0.3) is 29.5 Å². The molecular formula is C39H32N4O11. The van der Waals surface area contributed by atoms with Gasteiger partial charge in [0.2, 0.25) is 5.78 Å². The molecule has 8 rings (SSSR count). The van der Waals surface area contributed by atoms with E-state index in [1.54, 1.807) is 24.3 Å². The van der Waals surface area contributed by atoms with Crippen molar-refractivity contribution in [2.45, 2.75) is 37.6 Å². The summed E-state index contributed by atoms with van der Waals surface area (Å²) in [6.07, 6.45) is -0.302. The van der Waals surface area contributed by atoms with Crippen LogP contribution in [-0.2, 0) is 33.9 Å². The van der Waals surface area contributed by atoms with Gasteiger partial charge in [-0.05, 0) is 74.3 Å². The van der Waals surface area contributed by atoms with E-state index < -0.39 is 99.5 Å². The van der Waals surface area contributed by atoms with E-state index in [1.165, 1.54) is 49.3 Å². The second-order valence-electron chi connectivity index (χ2n) is 14.3. The average Bonchev–Trinajstić information content (AvgIpc) is 3.51. The number of carbonyl (C=O) groups is 7. The maximum atomic E-state index is 14.4. The Hall–Kier alpha value is -6.45. The van der Waals surface area contributed by atoms with Crippen LogP contribution in [0.5, 0.6) is 5.75 Å². The summed E-state index contributed by atoms with van der Waals surface area (Å²) in [5.74, 6) is -10.9. The van der Waals surface area contributed by atoms with Crippen LogP contribution in [0.3, 0.4) is 0 Å². The molecule has 15 nitrogen and oxygen atoms in total. The lowest BCUT2D eigenvalue weighted by Crippen LogP contribution is -2.65. The van der Waals surface area contributed by atoms with Crippen LogP contribution in [-0.4, -0.2) is 102 Å². The number of nitrogens with two attached hydrogens (primary N) is 1. The van der Waals surface area contributed by atoms with Crippen LogP contribution in [0.4, 0.5) is 0 Å². The van der Waals surface area contributed by atoms with Crippen molar-refractivity contribution < 1.29 is 54.0 Å². The van der Waals surface area contributed by atoms with E-state index in [0.29, 0.717) is 0 Å². The Balaban J connectivity index is 1.29. The van der Waals surface area contributed by atoms with Gasteiger partial charge < -0.3 is 26.2 Å². The van der Waals surface area contributed by atoms with E-state index in [2.05, 4.69) is 0 Å². The van der Waals surface area contributed by atoms with Crippen LogP contribution in [0.1, 0.15) is 70.1 Å². The second-order valence-corrected chi connectivity index (χ2v) is 14.3. The van der Waals surface area contributed by atoms with Gasteiger partial charge in [0.05, 0.1) is 46.9 Å². The van der Waals surface area contributed by atoms with Crippen molar-refractivity contribution in [3.05, 3.63) is 116 Å². The minimum Gasteiger partial charge on any atom is -0.508 e. The summed E-state index contributed by atoms with van der Waals surface area (Å²) < 4.78 is 0. The second kappa shape index (κ2) is 11.8. The highest BCUT2D eigenvalue weighted by molar-refractivity contribution is 6.25. The van der Waals surface area contributed by atoms with E-state index >= 15 is 0 Å². The van der Waals surface area contributed by atoms with Gasteiger partial charge in [-0.25, -0.2) is 0 Å². The number of likely N-dealkylation sites (N-methyl/N-ethyl adjacent to an activating group) is 1. The van der Waals surface area contributed by atoms with Crippen molar-refractivity contribution >= 4 is 46.9 Å². The molecule has 3 aliphatic carbocycles. The summed E-state index contributed by atoms with van der Waals surface area (Å²) in [7, 11) is 2.98. The van der Waals surface area contributed by atoms with Gasteiger partial charge in [-0.1, -0.05) is 24.3 Å². The number of phenols is 1. The van der Waals surface area contributed by atoms with Crippen molar-refractivity contribution in [2.24, 2.45) is 17.6 Å². The number of ketones is 2. The molecule has 4 atom stereocenters. The number of hydrogen-bond donors (Lipinski definition) is 5. The molecule has 274 valence electrons. The Kier molecular flexibility index (Phi) is 7.55. The first-order valence-corrected chi connectivity index (χ1v) is 17.0. The molecule has 5 aliphatic rings. The summed E-state index contributed by atoms with van der Waals surface area (Å²) in [5.41, 5.74) is 1.88. The molecule has 15 heteroatoms. The van der Waals surface area contributed by atoms with Crippen LogP contribution in [0.15, 0.2) is 71.5 Å². The van der Waals surface area contributed by atoms with Gasteiger partial charge in [-0.2, -0.15) is 0 Å². The number of aliphatic hydroxyl groups is 3. The van der Waals surface area contributed by atoms with Crippen molar-refractivity contribution in [3.8, 4) is 5.75 Å². The van der Waals surface area contributed by atoms with E-state index in [4.69, 9.17) is 5.73 Å². The normalized spacial score (nSPS) is 24.6. The van der Waals surface area contributed by atoms with Gasteiger partial charge in [-0.15, -0.1) is 0 Å². The standard InChI is InChI=1S/C39H32N4O11/c1-41(2)28-24-13-16-12-23-17(14-42-35(50)19-7-3-4-8-20(19)36(42)51)11-18(15-43-37(52)21-9-5-6-10-22(21)38(43)53)29(44)26(23)30(45)25(16)32(47)39(24,54)33(48)27(31(28)46)34(40)49/h3-11,16,24,28,44-45,48,54H,12-15H2,1-2H3,(H2,40,49). The molecule has 2 heterocycles. The van der Waals surface area contributed by atoms with Crippen molar-refractivity contribution in [2.75, 3.05) is 14.1 Å². The molecule has 54 heavy (non-hydrogen) atoms. The van der Waals surface area contributed by atoms with Crippen LogP contribution in [0, 0.1) is 11.8 Å². The number of phenolic OH excluding ortho intramolecular Hbond substituents is 1. The smallest absolute Gasteiger partial charge is 0.261 e. The van der Waals surface area contributed by atoms with Crippen molar-refractivity contribution in [1.29, 1.82) is 0 Å². The SMILES string of the molecule is CN(C)C1C(=O)C(C(N)=O)=C(O)C2(O)C(=O)C3=C(O)c4c(O)c(CN5C(=O)c6ccccc6C5=O)cc(CN5C(=O)c6ccccc6C5=O)c4CC3CC12. The topological polar surface area (TPSA) is 236 Å². The molecule has 2 aliphatic heterocycles. The van der Waals surface area contributed by atoms with E-state index in [0.717, 1.165) is 9.80 Å². The molecule has 3 aromatic rings. The molecule has 0 aromatic heterocycles. The first-order chi connectivity index (χ1) is 25.6. The van der Waals surface area contributed by atoms with Crippen LogP contribution in [0.2, 0.25) is 0 Å². The predicted molar refractivity (Wildman–Crippen MR) is 186 cm³/mol. The Morgan fingerprint density at radius 3 is 1.76 bits per heavy atom. The Morgan fingerprint density at radius 2 is 1.30 bits per heavy atom. The van der Waals surface area contributed by atoms with E-state index in [9.17, 15) is 54.0 Å². The molecule has 4 unspecified atom stereocenters. The van der Waals surface area contributed by atoms with Crippen LogP contribution >= 0.6 is 0 Å². The maximum absolute atomic E-state index is 14.4. The first kappa shape index (κ1) is 34.6. The summed E-state index contributed by atoms with van der Waals surface area (Å²) in [5, 5.41) is 47.0. The Morgan fingerprint density at radius 1 is 0.815 bits per heavy atom. The van der Waals surface area contributed by atoms with Crippen LogP contribution < -0.4 is 5.73 Å². The van der Waals surface area contributed by atoms with Crippen LogP contribution in [0.25, 0.3) is 5.76 Å². The van der Waals surface area contributed by atoms with Gasteiger partial charge in [0.1, 0.15) is 22.8 Å². The van der Waals surface area contributed by atoms with Gasteiger partial charge >= 0.3 is 0 Å². The molecule has 3 aromatic carbocycles. The molecule has 0 spiro atoms. The summed E-state index contributed by atoms with van der Waals surface area (Å²) >= 11 is 0. The number of hydrogen-bond acceptors (Lipinski definition) is 12. The predicted octanol–water partition coefficient (Wildman–Crippen LogP) is 1.56. The lowest BCUT2D eigenvalue weighted by molar-refractivity contribution is -0.153. The fraction of sp³-hybridized carbons (Fsp3) is 0.256. The lowest BCUT2D eigenvalue weighted by atomic mass is 9.57. The van der Waals surface area contributed by atoms with Gasteiger partial charge in [0.15, 0.2) is 11.4 Å². The highest BCUT2D eigenvalue weighted by Crippen LogP contribution is 2.53. The highest BCUT2D eigenvalue weighted by atomic mass is 16.3. The molecule has 0 bridgehead atoms. The first-order valence-electron chi connectivity index (χ1n) is 17.0. The highest BCUT2D eigenvalue weighted by Gasteiger charge is 2.64. The van der Waals surface area contributed by atoms with Crippen molar-refractivity contribution in [3.63, 3.8) is 0 Å². The number of nitrogens with zero attached hydrogens (tertiary/aromatic N) is 3. The number of primary amides is 1. The van der Waals surface area contributed by atoms with Gasteiger partial charge in [-0.3, -0.25) is 48.3 Å². The number of aromatic hydroxyl groups is 1. The molecule has 1 saturated carbocycles. The molecule has 0 radical (unpaired) electrons. The molecule has 1 fully saturated rings. The fourth-order valence-corrected chi connectivity index (χ4v) is 8.82. The Labute approximate surface area is 306 Å². The zero-order valence-corrected chi connectivity index (χ0v) is 28.8. The third-order valence-electron chi connectivity index (χ3n) is 11.3. The quantitative estimate of drug-likeness (QED) is 0.179. The number of amides is 5. The molecule has 6 N–H and O–H groups in total. The minimum atomic E-state index is -2.87. The largest absolute Gasteiger partial charge is 0.508 e. The summed E-state index contributed by atoms with van der Waals surface area (Å²) in [6, 6.07) is 12.5. The zero-order chi connectivity index (χ0) is 38.7. The molecule has 5 amide bonds. The third-order valence-corrected chi connectivity index (χ3v) is 11.3.